The molecule has 0 saturated carbocycles. The first kappa shape index (κ1) is 86.1. The minimum absolute atomic E-state index is 1.24. The Hall–Kier alpha value is -19.0. The maximum Gasteiger partial charge on any atom is -0.00201 e. The maximum atomic E-state index is 2.35. The van der Waals surface area contributed by atoms with E-state index in [-0.39, 0.29) is 0 Å². The normalized spacial score (nSPS) is 11.6. The van der Waals surface area contributed by atoms with Crippen LogP contribution in [0.4, 0.5) is 0 Å². The predicted octanol–water partition coefficient (Wildman–Crippen LogP) is 41.4. The first-order valence-electron chi connectivity index (χ1n) is 50.7. The van der Waals surface area contributed by atoms with E-state index in [1.807, 2.05) is 0 Å². The van der Waals surface area contributed by atoms with E-state index in [1.165, 1.54) is 283 Å². The molecule has 0 aromatic heterocycles. The third-order valence-corrected chi connectivity index (χ3v) is 30.3. The topological polar surface area (TPSA) is 0 Å². The molecule has 0 aliphatic rings. The Balaban J connectivity index is 0.0000000967. The van der Waals surface area contributed by atoms with Gasteiger partial charge in [-0.25, -0.2) is 0 Å². The predicted molar refractivity (Wildman–Crippen MR) is 632 cm³/mol. The van der Waals surface area contributed by atoms with E-state index in [1.54, 1.807) is 0 Å². The molecule has 0 nitrogen and oxygen atoms in total. The van der Waals surface area contributed by atoms with Gasteiger partial charge in [0.25, 0.3) is 0 Å². The molecule has 0 atom stereocenters. The number of hydrogen-bond acceptors (Lipinski definition) is 0. The lowest BCUT2D eigenvalue weighted by molar-refractivity contribution is 1.63. The Labute approximate surface area is 847 Å². The van der Waals surface area contributed by atoms with E-state index in [9.17, 15) is 0 Å². The lowest BCUT2D eigenvalue weighted by atomic mass is 9.84. The van der Waals surface area contributed by atoms with E-state index in [4.69, 9.17) is 0 Å². The van der Waals surface area contributed by atoms with Crippen LogP contribution in [0.3, 0.4) is 0 Å². The molecule has 0 N–H and O–H groups in total. The molecule has 0 spiro atoms. The quantitative estimate of drug-likeness (QED) is 0.0998. The molecular formula is C146H94. The SMILES string of the molecule is c1ccc(-c2c3ccccc3c(-c3cccc4c3ccc3cc5ccccc5cc34)c3ccccc23)cc1.c1ccc2c(-c3c4ccccc4c(-c4cccc5ccccc45)c4ccccc34)cccc2c1.c1ccc2cc(-c3c4ccccc4c(-c4ccc(-c5cccc6ccccc56)cc4)c4ccccc34)ccc2c1.c1ccc2cc(-c3c4ccccc4c(-c4cccc5ccccc45)c4ccccc34)ccc2c1. The Kier molecular flexibility index (Phi) is 21.8. The van der Waals surface area contributed by atoms with Gasteiger partial charge in [0.1, 0.15) is 0 Å². The first-order valence-corrected chi connectivity index (χ1v) is 50.7. The van der Waals surface area contributed by atoms with Gasteiger partial charge in [0.2, 0.25) is 0 Å². The summed E-state index contributed by atoms with van der Waals surface area (Å²) in [6, 6.07) is 208. The summed E-state index contributed by atoms with van der Waals surface area (Å²) >= 11 is 0. The summed E-state index contributed by atoms with van der Waals surface area (Å²) in [4.78, 5) is 0. The molecule has 0 amide bonds. The van der Waals surface area contributed by atoms with Crippen LogP contribution in [-0.2, 0) is 0 Å². The second-order valence-corrected chi connectivity index (χ2v) is 38.4. The summed E-state index contributed by atoms with van der Waals surface area (Å²) in [5, 5.41) is 43.6. The summed E-state index contributed by atoms with van der Waals surface area (Å²) in [5.74, 6) is 0. The molecule has 0 aliphatic carbocycles. The molecule has 0 saturated heterocycles. The highest BCUT2D eigenvalue weighted by Gasteiger charge is 2.25. The van der Waals surface area contributed by atoms with Crippen molar-refractivity contribution in [2.75, 3.05) is 0 Å². The summed E-state index contributed by atoms with van der Waals surface area (Å²) in [5.41, 5.74) is 23.1. The van der Waals surface area contributed by atoms with Crippen LogP contribution in [0.15, 0.2) is 570 Å². The van der Waals surface area contributed by atoms with Crippen LogP contribution in [0.5, 0.6) is 0 Å². The van der Waals surface area contributed by atoms with Crippen LogP contribution in [-0.4, -0.2) is 0 Å². The van der Waals surface area contributed by atoms with E-state index in [0.717, 1.165) is 0 Å². The maximum absolute atomic E-state index is 2.35. The highest BCUT2D eigenvalue weighted by Crippen LogP contribution is 2.53. The zero-order valence-corrected chi connectivity index (χ0v) is 80.3. The zero-order chi connectivity index (χ0) is 96.5. The van der Waals surface area contributed by atoms with Crippen LogP contribution >= 0.6 is 0 Å². The highest BCUT2D eigenvalue weighted by atomic mass is 14.3. The standard InChI is InChI=1S/C40H26.C38H24.2C34H22/c1-2-12-31-26-32(25-20-27(31)10-1)40-37-17-7-5-15-35(37)39(36-16-6-8-18-38(36)40)30-23-21-29(22-24-30)34-19-9-13-28-11-3-4-14-33(28)34;1-2-11-25(12-3-1)37-32-15-6-8-17-34(32)38(35-18-9-7-16-33(35)37)31-20-10-19-29-30(31)22-21-28-23-26-13-4-5-14-27(26)24-36(28)29;1-3-15-25-23(11-1)13-9-21-27(25)33-29-17-5-7-19-31(29)34(32-20-8-6-18-30(32)33)28-22-10-14-24-12-2-4-16-26(24)28;1-2-12-25-22-26(21-20-23(25)10-1)33-29-15-5-7-17-31(29)34(32-18-8-6-16-30(32)33)28-19-9-13-24-11-3-4-14-27(24)28/h1-26H;1-24H;2*1-22H. The Morgan fingerprint density at radius 2 is 0.267 bits per heavy atom. The van der Waals surface area contributed by atoms with Crippen molar-refractivity contribution < 1.29 is 0 Å². The van der Waals surface area contributed by atoms with Crippen LogP contribution in [0.2, 0.25) is 0 Å². The van der Waals surface area contributed by atoms with E-state index in [2.05, 4.69) is 570 Å². The van der Waals surface area contributed by atoms with Crippen LogP contribution in [0.25, 0.3) is 283 Å². The third-order valence-electron chi connectivity index (χ3n) is 30.3. The van der Waals surface area contributed by atoms with Gasteiger partial charge in [-0.05, 0) is 308 Å². The van der Waals surface area contributed by atoms with Crippen molar-refractivity contribution in [3.63, 3.8) is 0 Å². The number of rotatable bonds is 9. The lowest BCUT2D eigenvalue weighted by Crippen LogP contribution is -1.92. The van der Waals surface area contributed by atoms with Crippen LogP contribution in [0.1, 0.15) is 0 Å². The fourth-order valence-electron chi connectivity index (χ4n) is 23.8. The van der Waals surface area contributed by atoms with Crippen molar-refractivity contribution in [1.29, 1.82) is 0 Å². The van der Waals surface area contributed by atoms with Gasteiger partial charge >= 0.3 is 0 Å². The molecule has 0 heteroatoms. The Morgan fingerprint density at radius 1 is 0.0685 bits per heavy atom. The number of benzene rings is 30. The zero-order valence-electron chi connectivity index (χ0n) is 80.3. The summed E-state index contributed by atoms with van der Waals surface area (Å²) in [6.45, 7) is 0. The van der Waals surface area contributed by atoms with E-state index < -0.39 is 0 Å². The largest absolute Gasteiger partial charge is 0.0622 e. The van der Waals surface area contributed by atoms with Gasteiger partial charge in [0, 0.05) is 0 Å². The van der Waals surface area contributed by atoms with Gasteiger partial charge in [-0.3, -0.25) is 0 Å². The molecule has 30 aromatic rings. The highest BCUT2D eigenvalue weighted by molar-refractivity contribution is 6.30. The van der Waals surface area contributed by atoms with Crippen LogP contribution < -0.4 is 0 Å². The van der Waals surface area contributed by atoms with Gasteiger partial charge in [0.05, 0.1) is 0 Å². The molecule has 0 radical (unpaired) electrons. The first-order chi connectivity index (χ1) is 72.5. The molecule has 0 heterocycles. The van der Waals surface area contributed by atoms with Crippen molar-refractivity contribution in [3.05, 3.63) is 570 Å². The Morgan fingerprint density at radius 3 is 0.596 bits per heavy atom. The third kappa shape index (κ3) is 15.1. The molecular weight excluding hydrogens is 1750 g/mol. The van der Waals surface area contributed by atoms with Gasteiger partial charge in [-0.1, -0.05) is 546 Å². The van der Waals surface area contributed by atoms with Gasteiger partial charge in [-0.2, -0.15) is 0 Å². The number of fused-ring (bicyclic) bond motifs is 18. The molecule has 30 aromatic carbocycles. The summed E-state index contributed by atoms with van der Waals surface area (Å²) in [7, 11) is 0. The van der Waals surface area contributed by atoms with Gasteiger partial charge in [0.15, 0.2) is 0 Å². The van der Waals surface area contributed by atoms with Crippen molar-refractivity contribution in [2.45, 2.75) is 0 Å². The summed E-state index contributed by atoms with van der Waals surface area (Å²) < 4.78 is 0. The molecule has 0 unspecified atom stereocenters. The van der Waals surface area contributed by atoms with Crippen molar-refractivity contribution >= 4 is 183 Å². The van der Waals surface area contributed by atoms with Crippen molar-refractivity contribution in [3.8, 4) is 100 Å². The van der Waals surface area contributed by atoms with E-state index in [0.29, 0.717) is 0 Å². The minimum atomic E-state index is 1.24. The lowest BCUT2D eigenvalue weighted by Gasteiger charge is -2.19. The fourth-order valence-corrected chi connectivity index (χ4v) is 23.8. The Bertz CT molecular complexity index is 10100. The average molecular weight is 1850 g/mol. The molecule has 146 heavy (non-hydrogen) atoms. The molecule has 30 rings (SSSR count). The molecule has 0 aliphatic heterocycles. The average Bonchev–Trinajstić information content (AvgIpc) is 0.719. The molecule has 0 fully saturated rings. The smallest absolute Gasteiger partial charge is 0.00201 e. The second-order valence-electron chi connectivity index (χ2n) is 38.4. The van der Waals surface area contributed by atoms with E-state index >= 15 is 0 Å². The monoisotopic (exact) mass is 1850 g/mol. The second kappa shape index (κ2) is 36.9. The summed E-state index contributed by atoms with van der Waals surface area (Å²) in [6.07, 6.45) is 0. The fraction of sp³-hybridized carbons (Fsp3) is 0. The molecule has 678 valence electrons. The van der Waals surface area contributed by atoms with Crippen molar-refractivity contribution in [2.24, 2.45) is 0 Å². The van der Waals surface area contributed by atoms with Crippen molar-refractivity contribution in [1.82, 2.24) is 0 Å². The van der Waals surface area contributed by atoms with Gasteiger partial charge in [-0.15, -0.1) is 0 Å². The van der Waals surface area contributed by atoms with Crippen LogP contribution in [0, 0.1) is 0 Å². The number of hydrogen-bond donors (Lipinski definition) is 0. The van der Waals surface area contributed by atoms with Gasteiger partial charge < -0.3 is 0 Å². The minimum Gasteiger partial charge on any atom is -0.0622 e. The molecule has 0 bridgehead atoms.